The molecule has 2 heterocycles. The maximum Gasteiger partial charge on any atom is 0.321 e. The van der Waals surface area contributed by atoms with Gasteiger partial charge in [-0.15, -0.1) is 0 Å². The number of nitrogens with zero attached hydrogens (tertiary/aromatic N) is 3. The van der Waals surface area contributed by atoms with Crippen LogP contribution in [0.3, 0.4) is 0 Å². The van der Waals surface area contributed by atoms with Crippen LogP contribution in [0.4, 0.5) is 19.3 Å². The van der Waals surface area contributed by atoms with Crippen LogP contribution in [0.15, 0.2) is 36.5 Å². The zero-order chi connectivity index (χ0) is 25.0. The van der Waals surface area contributed by atoms with Gasteiger partial charge in [-0.1, -0.05) is 0 Å². The number of aromatic nitrogens is 1. The summed E-state index contributed by atoms with van der Waals surface area (Å²) in [6.45, 7) is 1.40. The number of nitrogens with one attached hydrogen (secondary N) is 1. The number of anilines is 1. The standard InChI is InChI=1S/C28H32F2N4O2/c1-33(27(36)32-23-2-3-25(31-16-23)18-10-21(29)12-22(30)11-18)24-4-6-34(7-5-24)26(35)28-13-17-8-19(14-28)20(9-17)15-28/h2-3,10-12,16-17,19-20,24H,4-9,13-15H2,1H3,(H,32,36). The molecule has 4 saturated carbocycles. The highest BCUT2D eigenvalue weighted by molar-refractivity contribution is 5.89. The molecule has 36 heavy (non-hydrogen) atoms. The molecule has 6 nitrogen and oxygen atoms in total. The number of amides is 3. The van der Waals surface area contributed by atoms with Gasteiger partial charge in [0, 0.05) is 37.8 Å². The summed E-state index contributed by atoms with van der Waals surface area (Å²) in [5.74, 6) is 1.35. The Bertz CT molecular complexity index is 1140. The van der Waals surface area contributed by atoms with Crippen LogP contribution in [0.25, 0.3) is 11.3 Å². The van der Waals surface area contributed by atoms with Gasteiger partial charge in [0.05, 0.1) is 23.0 Å². The van der Waals surface area contributed by atoms with Gasteiger partial charge in [-0.05, 0) is 87.0 Å². The molecule has 2 atom stereocenters. The Morgan fingerprint density at radius 3 is 2.28 bits per heavy atom. The number of benzene rings is 1. The second kappa shape index (κ2) is 8.82. The van der Waals surface area contributed by atoms with Crippen LogP contribution < -0.4 is 5.32 Å². The third-order valence-electron chi connectivity index (χ3n) is 9.17. The van der Waals surface area contributed by atoms with E-state index in [1.54, 1.807) is 24.1 Å². The molecule has 0 spiro atoms. The maximum atomic E-state index is 13.5. The largest absolute Gasteiger partial charge is 0.342 e. The van der Waals surface area contributed by atoms with Crippen LogP contribution in [0.5, 0.6) is 0 Å². The average Bonchev–Trinajstić information content (AvgIpc) is 3.29. The van der Waals surface area contributed by atoms with Crippen molar-refractivity contribution in [3.8, 4) is 11.3 Å². The minimum atomic E-state index is -0.666. The molecule has 5 fully saturated rings. The first-order valence-corrected chi connectivity index (χ1v) is 13.1. The van der Waals surface area contributed by atoms with E-state index in [1.165, 1.54) is 31.2 Å². The van der Waals surface area contributed by atoms with Crippen LogP contribution in [0.2, 0.25) is 0 Å². The number of carbonyl (C=O) groups is 2. The number of urea groups is 1. The number of piperidine rings is 1. The first kappa shape index (κ1) is 23.4. The van der Waals surface area contributed by atoms with E-state index in [0.29, 0.717) is 35.9 Å². The zero-order valence-electron chi connectivity index (χ0n) is 20.6. The molecule has 0 radical (unpaired) electrons. The number of carbonyl (C=O) groups excluding carboxylic acids is 2. The lowest BCUT2D eigenvalue weighted by Gasteiger charge is -2.43. The maximum absolute atomic E-state index is 13.5. The Morgan fingerprint density at radius 2 is 1.69 bits per heavy atom. The average molecular weight is 495 g/mol. The van der Waals surface area contributed by atoms with Crippen molar-refractivity contribution in [1.82, 2.24) is 14.8 Å². The Kier molecular flexibility index (Phi) is 5.73. The van der Waals surface area contributed by atoms with Crippen LogP contribution in [0, 0.1) is 34.8 Å². The van der Waals surface area contributed by atoms with Gasteiger partial charge in [0.15, 0.2) is 0 Å². The van der Waals surface area contributed by atoms with Gasteiger partial charge in [0.25, 0.3) is 0 Å². The molecule has 190 valence electrons. The molecule has 3 amide bonds. The van der Waals surface area contributed by atoms with Crippen molar-refractivity contribution < 1.29 is 18.4 Å². The summed E-state index contributed by atoms with van der Waals surface area (Å²) in [5, 5.41) is 2.85. The van der Waals surface area contributed by atoms with E-state index in [0.717, 1.165) is 55.9 Å². The predicted molar refractivity (Wildman–Crippen MR) is 132 cm³/mol. The van der Waals surface area contributed by atoms with Crippen molar-refractivity contribution in [2.45, 2.75) is 51.0 Å². The first-order chi connectivity index (χ1) is 17.3. The van der Waals surface area contributed by atoms with Gasteiger partial charge in [0.2, 0.25) is 5.91 Å². The smallest absolute Gasteiger partial charge is 0.321 e. The number of hydrogen-bond acceptors (Lipinski definition) is 3. The fraction of sp³-hybridized carbons (Fsp3) is 0.536. The van der Waals surface area contributed by atoms with Gasteiger partial charge < -0.3 is 15.1 Å². The zero-order valence-corrected chi connectivity index (χ0v) is 20.6. The van der Waals surface area contributed by atoms with Gasteiger partial charge in [0.1, 0.15) is 11.6 Å². The number of pyridine rings is 1. The number of likely N-dealkylation sites (tertiary alicyclic amines) is 1. The Labute approximate surface area is 210 Å². The summed E-state index contributed by atoms with van der Waals surface area (Å²) < 4.78 is 27.0. The van der Waals surface area contributed by atoms with Gasteiger partial charge in [-0.2, -0.15) is 0 Å². The van der Waals surface area contributed by atoms with Crippen molar-refractivity contribution in [2.24, 2.45) is 23.2 Å². The normalized spacial score (nSPS) is 29.0. The Morgan fingerprint density at radius 1 is 1.03 bits per heavy atom. The van der Waals surface area contributed by atoms with Gasteiger partial charge in [-0.25, -0.2) is 13.6 Å². The van der Waals surface area contributed by atoms with E-state index in [1.807, 2.05) is 0 Å². The second-order valence-corrected chi connectivity index (χ2v) is 11.4. The molecule has 4 bridgehead atoms. The van der Waals surface area contributed by atoms with E-state index >= 15 is 0 Å². The van der Waals surface area contributed by atoms with Crippen molar-refractivity contribution >= 4 is 17.6 Å². The lowest BCUT2D eigenvalue weighted by atomic mass is 9.68. The van der Waals surface area contributed by atoms with Crippen LogP contribution >= 0.6 is 0 Å². The molecule has 1 aromatic heterocycles. The van der Waals surface area contributed by atoms with Crippen LogP contribution in [0.1, 0.15) is 44.9 Å². The van der Waals surface area contributed by atoms with Crippen LogP contribution in [-0.4, -0.2) is 52.9 Å². The quantitative estimate of drug-likeness (QED) is 0.627. The van der Waals surface area contributed by atoms with E-state index in [-0.39, 0.29) is 17.5 Å². The van der Waals surface area contributed by atoms with Crippen LogP contribution in [-0.2, 0) is 4.79 Å². The molecule has 1 N–H and O–H groups in total. The molecule has 4 aliphatic carbocycles. The van der Waals surface area contributed by atoms with E-state index in [2.05, 4.69) is 15.2 Å². The van der Waals surface area contributed by atoms with Crippen molar-refractivity contribution in [3.63, 3.8) is 0 Å². The highest BCUT2D eigenvalue weighted by atomic mass is 19.1. The molecule has 1 aromatic carbocycles. The summed E-state index contributed by atoms with van der Waals surface area (Å²) in [5.41, 5.74) is 1.16. The third kappa shape index (κ3) is 4.14. The molecule has 2 unspecified atom stereocenters. The molecule has 2 aromatic rings. The van der Waals surface area contributed by atoms with Crippen molar-refractivity contribution in [1.29, 1.82) is 0 Å². The van der Waals surface area contributed by atoms with Gasteiger partial charge in [-0.3, -0.25) is 9.78 Å². The fourth-order valence-electron chi connectivity index (χ4n) is 7.58. The lowest BCUT2D eigenvalue weighted by molar-refractivity contribution is -0.146. The Hall–Kier alpha value is -3.03. The van der Waals surface area contributed by atoms with E-state index < -0.39 is 11.6 Å². The second-order valence-electron chi connectivity index (χ2n) is 11.4. The lowest BCUT2D eigenvalue weighted by Crippen LogP contribution is -2.52. The highest BCUT2D eigenvalue weighted by Crippen LogP contribution is 2.64. The molecule has 1 aliphatic heterocycles. The molecule has 7 rings (SSSR count). The number of hydrogen-bond donors (Lipinski definition) is 1. The first-order valence-electron chi connectivity index (χ1n) is 13.1. The monoisotopic (exact) mass is 494 g/mol. The SMILES string of the molecule is CN(C(=O)Nc1ccc(-c2cc(F)cc(F)c2)nc1)C1CCN(C(=O)C23CC4CC(C2)C(C4)C3)CC1. The fourth-order valence-corrected chi connectivity index (χ4v) is 7.58. The minimum absolute atomic E-state index is 0.0603. The summed E-state index contributed by atoms with van der Waals surface area (Å²) in [6.07, 6.45) is 8.96. The Balaban J connectivity index is 1.03. The molecule has 8 heteroatoms. The summed E-state index contributed by atoms with van der Waals surface area (Å²) in [6, 6.07) is 6.36. The van der Waals surface area contributed by atoms with Gasteiger partial charge >= 0.3 is 6.03 Å². The predicted octanol–water partition coefficient (Wildman–Crippen LogP) is 5.31. The van der Waals surface area contributed by atoms with E-state index in [9.17, 15) is 18.4 Å². The van der Waals surface area contributed by atoms with Crippen molar-refractivity contribution in [2.75, 3.05) is 25.5 Å². The molecule has 1 saturated heterocycles. The van der Waals surface area contributed by atoms with Crippen molar-refractivity contribution in [3.05, 3.63) is 48.2 Å². The topological polar surface area (TPSA) is 65.5 Å². The number of halogens is 2. The third-order valence-corrected chi connectivity index (χ3v) is 9.17. The molecular formula is C28H32F2N4O2. The molecular weight excluding hydrogens is 462 g/mol. The number of rotatable bonds is 4. The minimum Gasteiger partial charge on any atom is -0.342 e. The highest BCUT2D eigenvalue weighted by Gasteiger charge is 2.60. The summed E-state index contributed by atoms with van der Waals surface area (Å²) in [4.78, 5) is 34.4. The summed E-state index contributed by atoms with van der Waals surface area (Å²) in [7, 11) is 1.78. The molecule has 5 aliphatic rings. The summed E-state index contributed by atoms with van der Waals surface area (Å²) >= 11 is 0. The van der Waals surface area contributed by atoms with E-state index in [4.69, 9.17) is 0 Å².